The Morgan fingerprint density at radius 1 is 1.56 bits per heavy atom. The second-order valence-electron chi connectivity index (χ2n) is 3.63. The molecule has 0 saturated heterocycles. The molecule has 1 aliphatic rings. The van der Waals surface area contributed by atoms with E-state index in [0.717, 1.165) is 5.56 Å². The van der Waals surface area contributed by atoms with Crippen LogP contribution in [-0.4, -0.2) is 24.8 Å². The normalized spacial score (nSPS) is 14.9. The van der Waals surface area contributed by atoms with Gasteiger partial charge in [-0.25, -0.2) is 0 Å². The van der Waals surface area contributed by atoms with Crippen LogP contribution in [0.4, 0.5) is 0 Å². The van der Waals surface area contributed by atoms with Crippen molar-refractivity contribution in [3.05, 3.63) is 22.2 Å². The highest BCUT2D eigenvalue weighted by atomic mass is 35.5. The molecule has 86 valence electrons. The number of ether oxygens (including phenoxy) is 2. The Kier molecular flexibility index (Phi) is 3.03. The zero-order valence-electron chi connectivity index (χ0n) is 8.70. The summed E-state index contributed by atoms with van der Waals surface area (Å²) in [6.45, 7) is 1.89. The van der Waals surface area contributed by atoms with Gasteiger partial charge in [0.2, 0.25) is 6.79 Å². The van der Waals surface area contributed by atoms with Crippen molar-refractivity contribution in [3.8, 4) is 11.5 Å². The minimum Gasteiger partial charge on any atom is -0.453 e. The Hall–Kier alpha value is -1.26. The summed E-state index contributed by atoms with van der Waals surface area (Å²) >= 11 is 5.97. The number of rotatable bonds is 3. The van der Waals surface area contributed by atoms with Crippen LogP contribution < -0.4 is 9.47 Å². The Morgan fingerprint density at radius 2 is 2.25 bits per heavy atom. The van der Waals surface area contributed by atoms with E-state index < -0.39 is 0 Å². The first-order valence-corrected chi connectivity index (χ1v) is 5.24. The summed E-state index contributed by atoms with van der Waals surface area (Å²) in [6, 6.07) is 1.64. The first kappa shape index (κ1) is 11.2. The Balaban J connectivity index is 2.61. The average molecular weight is 243 g/mol. The number of aldehydes is 1. The molecule has 0 radical (unpaired) electrons. The molecule has 1 atom stereocenters. The summed E-state index contributed by atoms with van der Waals surface area (Å²) in [5.74, 6) is 0.763. The van der Waals surface area contributed by atoms with Gasteiger partial charge in [-0.05, 0) is 6.07 Å². The van der Waals surface area contributed by atoms with Crippen LogP contribution in [0.1, 0.15) is 28.8 Å². The van der Waals surface area contributed by atoms with E-state index in [2.05, 4.69) is 0 Å². The highest BCUT2D eigenvalue weighted by Gasteiger charge is 2.26. The third-order valence-corrected chi connectivity index (χ3v) is 2.89. The monoisotopic (exact) mass is 242 g/mol. The van der Waals surface area contributed by atoms with Gasteiger partial charge < -0.3 is 14.6 Å². The van der Waals surface area contributed by atoms with Gasteiger partial charge in [0, 0.05) is 18.1 Å². The molecule has 1 N–H and O–H groups in total. The molecular weight excluding hydrogens is 232 g/mol. The molecule has 1 aromatic rings. The van der Waals surface area contributed by atoms with E-state index in [0.29, 0.717) is 28.4 Å². The van der Waals surface area contributed by atoms with Gasteiger partial charge >= 0.3 is 0 Å². The zero-order valence-corrected chi connectivity index (χ0v) is 9.45. The third kappa shape index (κ3) is 1.64. The summed E-state index contributed by atoms with van der Waals surface area (Å²) in [7, 11) is 0. The quantitative estimate of drug-likeness (QED) is 0.824. The first-order chi connectivity index (χ1) is 7.69. The summed E-state index contributed by atoms with van der Waals surface area (Å²) in [5, 5.41) is 9.44. The Bertz CT molecular complexity index is 430. The largest absolute Gasteiger partial charge is 0.453 e. The Labute approximate surface area is 97.7 Å². The molecule has 1 aromatic carbocycles. The van der Waals surface area contributed by atoms with E-state index in [9.17, 15) is 4.79 Å². The number of hydrogen-bond acceptors (Lipinski definition) is 4. The summed E-state index contributed by atoms with van der Waals surface area (Å²) < 4.78 is 10.5. The molecule has 1 aliphatic heterocycles. The fraction of sp³-hybridized carbons (Fsp3) is 0.364. The molecule has 1 heterocycles. The molecule has 2 rings (SSSR count). The fourth-order valence-corrected chi connectivity index (χ4v) is 1.90. The zero-order chi connectivity index (χ0) is 11.7. The van der Waals surface area contributed by atoms with Crippen LogP contribution >= 0.6 is 11.6 Å². The molecule has 0 aliphatic carbocycles. The van der Waals surface area contributed by atoms with Gasteiger partial charge in [-0.3, -0.25) is 4.79 Å². The van der Waals surface area contributed by atoms with Gasteiger partial charge in [0.15, 0.2) is 17.8 Å². The van der Waals surface area contributed by atoms with Crippen LogP contribution in [0.3, 0.4) is 0 Å². The van der Waals surface area contributed by atoms with E-state index in [-0.39, 0.29) is 19.3 Å². The molecule has 0 amide bonds. The van der Waals surface area contributed by atoms with Gasteiger partial charge in [-0.2, -0.15) is 0 Å². The molecular formula is C11H11ClO4. The number of carbonyl (C=O) groups excluding carboxylic acids is 1. The fourth-order valence-electron chi connectivity index (χ4n) is 1.66. The lowest BCUT2D eigenvalue weighted by atomic mass is 9.98. The van der Waals surface area contributed by atoms with Crippen LogP contribution in [0.25, 0.3) is 0 Å². The number of benzene rings is 1. The minimum atomic E-state index is -0.117. The van der Waals surface area contributed by atoms with Crippen molar-refractivity contribution in [2.45, 2.75) is 12.8 Å². The van der Waals surface area contributed by atoms with Crippen molar-refractivity contribution >= 4 is 17.9 Å². The molecule has 0 bridgehead atoms. The second kappa shape index (κ2) is 4.31. The van der Waals surface area contributed by atoms with Crippen LogP contribution in [0.2, 0.25) is 5.02 Å². The molecule has 4 nitrogen and oxygen atoms in total. The molecule has 0 fully saturated rings. The number of aliphatic hydroxyl groups is 1. The van der Waals surface area contributed by atoms with Crippen molar-refractivity contribution < 1.29 is 19.4 Å². The smallest absolute Gasteiger partial charge is 0.231 e. The second-order valence-corrected chi connectivity index (χ2v) is 4.03. The van der Waals surface area contributed by atoms with Crippen molar-refractivity contribution in [2.75, 3.05) is 13.4 Å². The topological polar surface area (TPSA) is 55.8 Å². The third-order valence-electron chi connectivity index (χ3n) is 2.58. The van der Waals surface area contributed by atoms with Crippen LogP contribution in [0.5, 0.6) is 11.5 Å². The highest BCUT2D eigenvalue weighted by molar-refractivity contribution is 6.33. The molecule has 5 heteroatoms. The van der Waals surface area contributed by atoms with E-state index in [1.807, 2.05) is 6.92 Å². The van der Waals surface area contributed by atoms with Gasteiger partial charge in [0.1, 0.15) is 0 Å². The average Bonchev–Trinajstić information content (AvgIpc) is 2.75. The maximum Gasteiger partial charge on any atom is 0.231 e. The maximum atomic E-state index is 10.9. The van der Waals surface area contributed by atoms with Gasteiger partial charge in [-0.1, -0.05) is 18.5 Å². The number of carbonyl (C=O) groups is 1. The predicted molar refractivity (Wildman–Crippen MR) is 58.5 cm³/mol. The Morgan fingerprint density at radius 3 is 2.88 bits per heavy atom. The van der Waals surface area contributed by atoms with Crippen LogP contribution in [0.15, 0.2) is 6.07 Å². The first-order valence-electron chi connectivity index (χ1n) is 4.87. The number of aliphatic hydroxyl groups excluding tert-OH is 1. The highest BCUT2D eigenvalue weighted by Crippen LogP contribution is 2.44. The summed E-state index contributed by atoms with van der Waals surface area (Å²) in [4.78, 5) is 10.9. The number of halogens is 1. The molecule has 0 aromatic heterocycles. The van der Waals surface area contributed by atoms with E-state index in [1.54, 1.807) is 6.07 Å². The number of hydrogen-bond donors (Lipinski definition) is 1. The van der Waals surface area contributed by atoms with Gasteiger partial charge in [-0.15, -0.1) is 0 Å². The van der Waals surface area contributed by atoms with Crippen molar-refractivity contribution in [2.24, 2.45) is 0 Å². The molecule has 0 spiro atoms. The maximum absolute atomic E-state index is 10.9. The van der Waals surface area contributed by atoms with Crippen molar-refractivity contribution in [1.29, 1.82) is 0 Å². The standard InChI is InChI=1S/C11H11ClO4/c1-6(3-13)7-2-9(12)8(4-14)11-10(7)15-5-16-11/h2,4,6,13H,3,5H2,1H3. The SMILES string of the molecule is CC(CO)c1cc(Cl)c(C=O)c2c1OCO2. The molecule has 16 heavy (non-hydrogen) atoms. The van der Waals surface area contributed by atoms with Crippen LogP contribution in [-0.2, 0) is 0 Å². The van der Waals surface area contributed by atoms with Gasteiger partial charge in [0.25, 0.3) is 0 Å². The number of fused-ring (bicyclic) bond motifs is 1. The molecule has 1 unspecified atom stereocenters. The summed E-state index contributed by atoms with van der Waals surface area (Å²) in [5.41, 5.74) is 1.05. The minimum absolute atomic E-state index is 0.0213. The van der Waals surface area contributed by atoms with Crippen molar-refractivity contribution in [1.82, 2.24) is 0 Å². The summed E-state index contributed by atoms with van der Waals surface area (Å²) in [6.07, 6.45) is 0.642. The van der Waals surface area contributed by atoms with Crippen LogP contribution in [0, 0.1) is 0 Å². The lowest BCUT2D eigenvalue weighted by Gasteiger charge is -2.13. The van der Waals surface area contributed by atoms with E-state index in [4.69, 9.17) is 26.2 Å². The molecule has 0 saturated carbocycles. The predicted octanol–water partition coefficient (Wildman–Crippen LogP) is 1.98. The lowest BCUT2D eigenvalue weighted by molar-refractivity contribution is 0.111. The van der Waals surface area contributed by atoms with E-state index in [1.165, 1.54) is 0 Å². The van der Waals surface area contributed by atoms with E-state index >= 15 is 0 Å². The van der Waals surface area contributed by atoms with Gasteiger partial charge in [0.05, 0.1) is 10.6 Å². The van der Waals surface area contributed by atoms with Crippen molar-refractivity contribution in [3.63, 3.8) is 0 Å². The lowest BCUT2D eigenvalue weighted by Crippen LogP contribution is -2.02.